The smallest absolute Gasteiger partial charge is 0.234 e. The quantitative estimate of drug-likeness (QED) is 0.875. The predicted molar refractivity (Wildman–Crippen MR) is 67.8 cm³/mol. The first kappa shape index (κ1) is 11.6. The molecule has 3 heteroatoms. The normalized spacial score (nSPS) is 10.5. The highest BCUT2D eigenvalue weighted by Crippen LogP contribution is 2.07. The Bertz CT molecular complexity index is 511. The van der Waals surface area contributed by atoms with E-state index in [0.717, 1.165) is 11.1 Å². The van der Waals surface area contributed by atoms with Gasteiger partial charge in [-0.05, 0) is 24.1 Å². The summed E-state index contributed by atoms with van der Waals surface area (Å²) in [6.45, 7) is 2.50. The Labute approximate surface area is 101 Å². The lowest BCUT2D eigenvalue weighted by atomic mass is 10.1. The number of benzene rings is 1. The number of hydrogen-bond donors (Lipinski definition) is 1. The molecule has 0 bridgehead atoms. The highest BCUT2D eigenvalue weighted by atomic mass is 16.1. The monoisotopic (exact) mass is 228 g/mol. The number of nitrogens with two attached hydrogens (primary N) is 1. The van der Waals surface area contributed by atoms with E-state index >= 15 is 0 Å². The van der Waals surface area contributed by atoms with E-state index in [1.165, 1.54) is 5.56 Å². The van der Waals surface area contributed by atoms with Crippen molar-refractivity contribution < 1.29 is 4.79 Å². The molecule has 2 N–H and O–H groups in total. The third kappa shape index (κ3) is 2.82. The van der Waals surface area contributed by atoms with Crippen molar-refractivity contribution in [3.8, 4) is 0 Å². The van der Waals surface area contributed by atoms with Crippen LogP contribution in [-0.2, 0) is 13.0 Å². The van der Waals surface area contributed by atoms with Crippen LogP contribution in [-0.4, -0.2) is 10.5 Å². The van der Waals surface area contributed by atoms with Crippen molar-refractivity contribution in [2.24, 2.45) is 5.73 Å². The number of rotatable bonds is 3. The average Bonchev–Trinajstić information content (AvgIpc) is 2.81. The number of carbonyl (C=O) groups is 1. The van der Waals surface area contributed by atoms with Gasteiger partial charge >= 0.3 is 0 Å². The van der Waals surface area contributed by atoms with E-state index < -0.39 is 0 Å². The van der Waals surface area contributed by atoms with Crippen molar-refractivity contribution >= 4 is 5.91 Å². The van der Waals surface area contributed by atoms with Gasteiger partial charge in [-0.3, -0.25) is 9.36 Å². The minimum atomic E-state index is 0.0635. The van der Waals surface area contributed by atoms with E-state index in [0.29, 0.717) is 13.0 Å². The maximum atomic E-state index is 12.0. The van der Waals surface area contributed by atoms with Gasteiger partial charge in [0.15, 0.2) is 0 Å². The fraction of sp³-hybridized carbons (Fsp3) is 0.214. The standard InChI is InChI=1S/C14H16N2O/c1-11-2-4-12(5-3-11)8-14(17)16-7-6-13(9-15)10-16/h2-7,10H,8-9,15H2,1H3. The largest absolute Gasteiger partial charge is 0.326 e. The number of hydrogen-bond acceptors (Lipinski definition) is 2. The molecule has 0 aliphatic heterocycles. The van der Waals surface area contributed by atoms with Gasteiger partial charge in [0.2, 0.25) is 5.91 Å². The first-order chi connectivity index (χ1) is 8.19. The minimum Gasteiger partial charge on any atom is -0.326 e. The maximum Gasteiger partial charge on any atom is 0.234 e. The fourth-order valence-corrected chi connectivity index (χ4v) is 1.69. The Balaban J connectivity index is 2.08. The van der Waals surface area contributed by atoms with Crippen molar-refractivity contribution in [3.63, 3.8) is 0 Å². The predicted octanol–water partition coefficient (Wildman–Crippen LogP) is 2.14. The van der Waals surface area contributed by atoms with Crippen molar-refractivity contribution in [2.45, 2.75) is 19.9 Å². The van der Waals surface area contributed by atoms with Crippen molar-refractivity contribution in [1.82, 2.24) is 4.57 Å². The number of aryl methyl sites for hydroxylation is 1. The molecule has 1 aromatic heterocycles. The lowest BCUT2D eigenvalue weighted by molar-refractivity contribution is 0.0914. The van der Waals surface area contributed by atoms with Crippen molar-refractivity contribution in [3.05, 3.63) is 59.4 Å². The van der Waals surface area contributed by atoms with E-state index in [9.17, 15) is 4.79 Å². The molecule has 0 aliphatic carbocycles. The molecule has 1 aromatic carbocycles. The van der Waals surface area contributed by atoms with Gasteiger partial charge in [0, 0.05) is 18.9 Å². The highest BCUT2D eigenvalue weighted by Gasteiger charge is 2.06. The van der Waals surface area contributed by atoms with E-state index in [4.69, 9.17) is 5.73 Å². The van der Waals surface area contributed by atoms with Crippen LogP contribution in [0.5, 0.6) is 0 Å². The average molecular weight is 228 g/mol. The zero-order chi connectivity index (χ0) is 12.3. The summed E-state index contributed by atoms with van der Waals surface area (Å²) in [5.41, 5.74) is 8.71. The Kier molecular flexibility index (Phi) is 3.40. The van der Waals surface area contributed by atoms with Crippen LogP contribution in [0.1, 0.15) is 21.5 Å². The van der Waals surface area contributed by atoms with Gasteiger partial charge in [-0.15, -0.1) is 0 Å². The summed E-state index contributed by atoms with van der Waals surface area (Å²) in [7, 11) is 0. The molecule has 2 aromatic rings. The molecule has 0 spiro atoms. The van der Waals surface area contributed by atoms with Gasteiger partial charge in [0.1, 0.15) is 0 Å². The Hall–Kier alpha value is -1.87. The van der Waals surface area contributed by atoms with Gasteiger partial charge in [-0.2, -0.15) is 0 Å². The molecule has 0 aliphatic rings. The summed E-state index contributed by atoms with van der Waals surface area (Å²) in [5.74, 6) is 0.0635. The van der Waals surface area contributed by atoms with Gasteiger partial charge in [0.25, 0.3) is 0 Å². The first-order valence-electron chi connectivity index (χ1n) is 5.65. The second kappa shape index (κ2) is 4.97. The van der Waals surface area contributed by atoms with Gasteiger partial charge in [-0.25, -0.2) is 0 Å². The van der Waals surface area contributed by atoms with Crippen LogP contribution in [0.4, 0.5) is 0 Å². The van der Waals surface area contributed by atoms with Gasteiger partial charge in [-0.1, -0.05) is 29.8 Å². The third-order valence-corrected chi connectivity index (χ3v) is 2.75. The van der Waals surface area contributed by atoms with Crippen LogP contribution in [0.15, 0.2) is 42.7 Å². The minimum absolute atomic E-state index is 0.0635. The van der Waals surface area contributed by atoms with Gasteiger partial charge in [0.05, 0.1) is 6.42 Å². The summed E-state index contributed by atoms with van der Waals surface area (Å²) in [4.78, 5) is 12.0. The Morgan fingerprint density at radius 2 is 1.88 bits per heavy atom. The van der Waals surface area contributed by atoms with Crippen LogP contribution in [0, 0.1) is 6.92 Å². The lowest BCUT2D eigenvalue weighted by Crippen LogP contribution is -2.11. The number of carbonyl (C=O) groups excluding carboxylic acids is 1. The van der Waals surface area contributed by atoms with E-state index in [-0.39, 0.29) is 5.91 Å². The second-order valence-corrected chi connectivity index (χ2v) is 4.19. The van der Waals surface area contributed by atoms with Crippen molar-refractivity contribution in [1.29, 1.82) is 0 Å². The molecule has 3 nitrogen and oxygen atoms in total. The zero-order valence-corrected chi connectivity index (χ0v) is 9.89. The Morgan fingerprint density at radius 1 is 1.18 bits per heavy atom. The highest BCUT2D eigenvalue weighted by molar-refractivity contribution is 5.81. The second-order valence-electron chi connectivity index (χ2n) is 4.19. The molecule has 0 saturated carbocycles. The molecule has 2 rings (SSSR count). The maximum absolute atomic E-state index is 12.0. The molecule has 0 unspecified atom stereocenters. The summed E-state index contributed by atoms with van der Waals surface area (Å²) in [6.07, 6.45) is 3.97. The summed E-state index contributed by atoms with van der Waals surface area (Å²) < 4.78 is 1.60. The third-order valence-electron chi connectivity index (χ3n) is 2.75. The number of aromatic nitrogens is 1. The summed E-state index contributed by atoms with van der Waals surface area (Å²) in [5, 5.41) is 0. The van der Waals surface area contributed by atoms with Crippen LogP contribution >= 0.6 is 0 Å². The molecule has 0 atom stereocenters. The molecule has 88 valence electrons. The van der Waals surface area contributed by atoms with Gasteiger partial charge < -0.3 is 5.73 Å². The lowest BCUT2D eigenvalue weighted by Gasteiger charge is -2.02. The molecular weight excluding hydrogens is 212 g/mol. The zero-order valence-electron chi connectivity index (χ0n) is 9.89. The van der Waals surface area contributed by atoms with Crippen LogP contribution < -0.4 is 5.73 Å². The van der Waals surface area contributed by atoms with Crippen LogP contribution in [0.2, 0.25) is 0 Å². The fourth-order valence-electron chi connectivity index (χ4n) is 1.69. The SMILES string of the molecule is Cc1ccc(CC(=O)n2ccc(CN)c2)cc1. The number of nitrogens with zero attached hydrogens (tertiary/aromatic N) is 1. The molecular formula is C14H16N2O. The molecule has 0 radical (unpaired) electrons. The molecule has 17 heavy (non-hydrogen) atoms. The molecule has 0 amide bonds. The molecule has 1 heterocycles. The first-order valence-corrected chi connectivity index (χ1v) is 5.65. The molecule has 0 fully saturated rings. The molecule has 0 saturated heterocycles. The Morgan fingerprint density at radius 3 is 2.47 bits per heavy atom. The van der Waals surface area contributed by atoms with E-state index in [1.807, 2.05) is 37.3 Å². The van der Waals surface area contributed by atoms with Crippen LogP contribution in [0.25, 0.3) is 0 Å². The summed E-state index contributed by atoms with van der Waals surface area (Å²) in [6, 6.07) is 9.88. The van der Waals surface area contributed by atoms with Crippen LogP contribution in [0.3, 0.4) is 0 Å². The summed E-state index contributed by atoms with van der Waals surface area (Å²) >= 11 is 0. The van der Waals surface area contributed by atoms with E-state index in [1.54, 1.807) is 17.0 Å². The van der Waals surface area contributed by atoms with Crippen molar-refractivity contribution in [2.75, 3.05) is 0 Å². The van der Waals surface area contributed by atoms with E-state index in [2.05, 4.69) is 0 Å². The topological polar surface area (TPSA) is 48.0 Å².